The molecule has 0 bridgehead atoms. The smallest absolute Gasteiger partial charge is 0.314 e. The first kappa shape index (κ1) is 11.5. The topological polar surface area (TPSA) is 37.3 Å². The third kappa shape index (κ3) is 1.95. The first-order valence-electron chi connectivity index (χ1n) is 6.06. The van der Waals surface area contributed by atoms with Gasteiger partial charge in [0.2, 0.25) is 0 Å². The molecule has 0 spiro atoms. The molecule has 1 saturated carbocycles. The lowest BCUT2D eigenvalue weighted by Gasteiger charge is -2.10. The average molecular weight is 258 g/mol. The summed E-state index contributed by atoms with van der Waals surface area (Å²) in [4.78, 5) is 12.6. The quantitative estimate of drug-likeness (QED) is 0.912. The highest BCUT2D eigenvalue weighted by Crippen LogP contribution is 2.48. The molecule has 0 atom stereocenters. The van der Waals surface area contributed by atoms with E-state index in [4.69, 9.17) is 0 Å². The minimum Gasteiger partial charge on any atom is -0.481 e. The van der Waals surface area contributed by atoms with Crippen LogP contribution in [0, 0.1) is 0 Å². The molecule has 18 heavy (non-hydrogen) atoms. The molecule has 1 aliphatic carbocycles. The van der Waals surface area contributed by atoms with E-state index in [1.165, 1.54) is 10.4 Å². The Bertz CT molecular complexity index is 551. The number of hydrogen-bond acceptors (Lipinski definition) is 2. The monoisotopic (exact) mass is 258 g/mol. The molecule has 0 unspecified atom stereocenters. The van der Waals surface area contributed by atoms with Gasteiger partial charge >= 0.3 is 5.97 Å². The van der Waals surface area contributed by atoms with Crippen molar-refractivity contribution in [1.29, 1.82) is 0 Å². The molecule has 3 rings (SSSR count). The Morgan fingerprint density at radius 3 is 2.44 bits per heavy atom. The molecule has 1 aromatic heterocycles. The zero-order valence-corrected chi connectivity index (χ0v) is 10.7. The van der Waals surface area contributed by atoms with Gasteiger partial charge < -0.3 is 5.11 Å². The van der Waals surface area contributed by atoms with Crippen LogP contribution in [0.3, 0.4) is 0 Å². The van der Waals surface area contributed by atoms with Gasteiger partial charge in [0, 0.05) is 11.3 Å². The minimum absolute atomic E-state index is 0.582. The highest BCUT2D eigenvalue weighted by atomic mass is 32.1. The fraction of sp³-hybridized carbons (Fsp3) is 0.267. The molecule has 1 heterocycles. The van der Waals surface area contributed by atoms with Crippen LogP contribution in [0.25, 0.3) is 0 Å². The molecule has 0 aliphatic heterocycles. The molecule has 0 saturated heterocycles. The molecule has 1 fully saturated rings. The summed E-state index contributed by atoms with van der Waals surface area (Å²) in [6, 6.07) is 12.2. The van der Waals surface area contributed by atoms with Crippen molar-refractivity contribution in [2.75, 3.05) is 0 Å². The minimum atomic E-state index is -0.687. The second-order valence-corrected chi connectivity index (χ2v) is 5.87. The van der Waals surface area contributed by atoms with Gasteiger partial charge in [0.25, 0.3) is 0 Å². The highest BCUT2D eigenvalue weighted by Gasteiger charge is 2.51. The molecule has 2 aromatic rings. The van der Waals surface area contributed by atoms with Crippen molar-refractivity contribution in [3.8, 4) is 0 Å². The Hall–Kier alpha value is -1.61. The lowest BCUT2D eigenvalue weighted by molar-refractivity contribution is -0.140. The van der Waals surface area contributed by atoms with Crippen molar-refractivity contribution < 1.29 is 9.90 Å². The molecule has 0 radical (unpaired) electrons. The predicted molar refractivity (Wildman–Crippen MR) is 72.1 cm³/mol. The maximum absolute atomic E-state index is 11.2. The number of carboxylic acids is 1. The van der Waals surface area contributed by atoms with Crippen LogP contribution in [0.1, 0.15) is 28.8 Å². The second-order valence-electron chi connectivity index (χ2n) is 4.84. The fourth-order valence-electron chi connectivity index (χ4n) is 2.31. The third-order valence-corrected chi connectivity index (χ3v) is 4.50. The summed E-state index contributed by atoms with van der Waals surface area (Å²) in [6.07, 6.45) is 2.47. The van der Waals surface area contributed by atoms with Crippen LogP contribution in [0.5, 0.6) is 0 Å². The van der Waals surface area contributed by atoms with Crippen LogP contribution in [0.15, 0.2) is 41.8 Å². The van der Waals surface area contributed by atoms with Gasteiger partial charge in [-0.2, -0.15) is 0 Å². The van der Waals surface area contributed by atoms with Gasteiger partial charge in [-0.15, -0.1) is 11.3 Å². The average Bonchev–Trinajstić information content (AvgIpc) is 3.04. The van der Waals surface area contributed by atoms with Crippen molar-refractivity contribution in [2.45, 2.75) is 24.7 Å². The van der Waals surface area contributed by atoms with Gasteiger partial charge in [0.05, 0.1) is 5.41 Å². The van der Waals surface area contributed by atoms with Gasteiger partial charge in [-0.05, 0) is 35.4 Å². The van der Waals surface area contributed by atoms with Crippen LogP contribution < -0.4 is 0 Å². The molecule has 3 heteroatoms. The molecule has 1 N–H and O–H groups in total. The first-order valence-corrected chi connectivity index (χ1v) is 6.94. The van der Waals surface area contributed by atoms with E-state index >= 15 is 0 Å². The largest absolute Gasteiger partial charge is 0.481 e. The standard InChI is InChI=1S/C15H14O2S/c16-14(17)15(7-8-15)12-5-3-11(4-6-12)10-13-2-1-9-18-13/h1-6,9H,7-8,10H2,(H,16,17). The lowest BCUT2D eigenvalue weighted by atomic mass is 9.95. The number of thiophene rings is 1. The molecule has 1 aromatic carbocycles. The third-order valence-electron chi connectivity index (χ3n) is 3.62. The Kier molecular flexibility index (Phi) is 2.71. The van der Waals surface area contributed by atoms with Crippen LogP contribution in [-0.2, 0) is 16.6 Å². The number of aliphatic carboxylic acids is 1. The Balaban J connectivity index is 1.79. The Morgan fingerprint density at radius 1 is 1.22 bits per heavy atom. The molecule has 2 nitrogen and oxygen atoms in total. The van der Waals surface area contributed by atoms with Gasteiger partial charge in [-0.3, -0.25) is 4.79 Å². The Labute approximate surface area is 110 Å². The zero-order chi connectivity index (χ0) is 12.6. The molecule has 92 valence electrons. The Morgan fingerprint density at radius 2 is 1.94 bits per heavy atom. The number of benzene rings is 1. The van der Waals surface area contributed by atoms with E-state index in [-0.39, 0.29) is 0 Å². The summed E-state index contributed by atoms with van der Waals surface area (Å²) in [7, 11) is 0. The number of rotatable bonds is 4. The molecule has 1 aliphatic rings. The normalized spacial score (nSPS) is 16.4. The van der Waals surface area contributed by atoms with Crippen LogP contribution in [0.4, 0.5) is 0 Å². The number of carboxylic acid groups (broad SMARTS) is 1. The summed E-state index contributed by atoms with van der Waals surface area (Å²) in [5.74, 6) is -0.687. The van der Waals surface area contributed by atoms with E-state index in [1.807, 2.05) is 12.1 Å². The second kappa shape index (κ2) is 4.25. The lowest BCUT2D eigenvalue weighted by Crippen LogP contribution is -2.19. The van der Waals surface area contributed by atoms with Gasteiger partial charge in [-0.1, -0.05) is 30.3 Å². The summed E-state index contributed by atoms with van der Waals surface area (Å²) in [5, 5.41) is 11.3. The van der Waals surface area contributed by atoms with Crippen LogP contribution >= 0.6 is 11.3 Å². The van der Waals surface area contributed by atoms with E-state index in [0.29, 0.717) is 0 Å². The fourth-order valence-corrected chi connectivity index (χ4v) is 3.05. The SMILES string of the molecule is O=C(O)C1(c2ccc(Cc3cccs3)cc2)CC1. The maximum Gasteiger partial charge on any atom is 0.314 e. The van der Waals surface area contributed by atoms with E-state index < -0.39 is 11.4 Å². The van der Waals surface area contributed by atoms with E-state index in [1.54, 1.807) is 11.3 Å². The molecular formula is C15H14O2S. The number of hydrogen-bond donors (Lipinski definition) is 1. The summed E-state index contributed by atoms with van der Waals surface area (Å²) < 4.78 is 0. The zero-order valence-electron chi connectivity index (χ0n) is 9.93. The summed E-state index contributed by atoms with van der Waals surface area (Å²) in [5.41, 5.74) is 1.61. The maximum atomic E-state index is 11.2. The van der Waals surface area contributed by atoms with E-state index in [9.17, 15) is 9.90 Å². The van der Waals surface area contributed by atoms with Crippen molar-refractivity contribution in [2.24, 2.45) is 0 Å². The van der Waals surface area contributed by atoms with Gasteiger partial charge in [0.1, 0.15) is 0 Å². The van der Waals surface area contributed by atoms with Crippen molar-refractivity contribution in [1.82, 2.24) is 0 Å². The van der Waals surface area contributed by atoms with Crippen molar-refractivity contribution in [3.05, 3.63) is 57.8 Å². The van der Waals surface area contributed by atoms with Gasteiger partial charge in [-0.25, -0.2) is 0 Å². The summed E-state index contributed by atoms with van der Waals surface area (Å²) in [6.45, 7) is 0. The first-order chi connectivity index (χ1) is 8.71. The molecule has 0 amide bonds. The summed E-state index contributed by atoms with van der Waals surface area (Å²) >= 11 is 1.75. The van der Waals surface area contributed by atoms with Crippen LogP contribution in [0.2, 0.25) is 0 Å². The predicted octanol–water partition coefficient (Wildman–Crippen LogP) is 3.46. The van der Waals surface area contributed by atoms with Crippen molar-refractivity contribution >= 4 is 17.3 Å². The number of carbonyl (C=O) groups is 1. The van der Waals surface area contributed by atoms with E-state index in [0.717, 1.165) is 24.8 Å². The highest BCUT2D eigenvalue weighted by molar-refractivity contribution is 7.09. The van der Waals surface area contributed by atoms with Gasteiger partial charge in [0.15, 0.2) is 0 Å². The van der Waals surface area contributed by atoms with E-state index in [2.05, 4.69) is 29.6 Å². The molecular weight excluding hydrogens is 244 g/mol. The van der Waals surface area contributed by atoms with Crippen LogP contribution in [-0.4, -0.2) is 11.1 Å². The van der Waals surface area contributed by atoms with Crippen molar-refractivity contribution in [3.63, 3.8) is 0 Å².